The second-order valence-corrected chi connectivity index (χ2v) is 6.07. The molecule has 1 rings (SSSR count). The number of allylic oxidation sites excluding steroid dienone is 3. The lowest BCUT2D eigenvalue weighted by molar-refractivity contribution is -0.312. The fourth-order valence-corrected chi connectivity index (χ4v) is 2.49. The summed E-state index contributed by atoms with van der Waals surface area (Å²) in [5.41, 5.74) is 0. The highest BCUT2D eigenvalue weighted by Crippen LogP contribution is 2.24. The largest absolute Gasteiger partial charge is 0.396 e. The first-order valence-corrected chi connectivity index (χ1v) is 9.03. The van der Waals surface area contributed by atoms with Gasteiger partial charge in [0, 0.05) is 6.61 Å². The van der Waals surface area contributed by atoms with Crippen molar-refractivity contribution in [2.45, 2.75) is 56.1 Å². The third-order valence-electron chi connectivity index (χ3n) is 4.00. The average molecular weight is 396 g/mol. The van der Waals surface area contributed by atoms with Crippen molar-refractivity contribution < 1.29 is 40.1 Å². The van der Waals surface area contributed by atoms with Crippen LogP contribution in [0.2, 0.25) is 0 Å². The molecule has 28 heavy (non-hydrogen) atoms. The summed E-state index contributed by atoms with van der Waals surface area (Å²) in [6.07, 6.45) is 0.660. The number of hydrogen-bond donors (Lipinski definition) is 6. The zero-order valence-corrected chi connectivity index (χ0v) is 15.5. The van der Waals surface area contributed by atoms with Crippen molar-refractivity contribution in [1.29, 1.82) is 0 Å². The highest BCUT2D eigenvalue weighted by molar-refractivity contribution is 5.33. The lowest BCUT2D eigenvalue weighted by Gasteiger charge is -2.40. The van der Waals surface area contributed by atoms with Crippen LogP contribution in [-0.4, -0.2) is 87.3 Å². The van der Waals surface area contributed by atoms with E-state index >= 15 is 0 Å². The molecule has 1 heterocycles. The number of rotatable bonds is 9. The Morgan fingerprint density at radius 3 is 2.18 bits per heavy atom. The molecule has 0 saturated carbocycles. The molecule has 0 aliphatic carbocycles. The molecular weight excluding hydrogens is 368 g/mol. The zero-order chi connectivity index (χ0) is 20.8. The first kappa shape index (κ1) is 24.3. The van der Waals surface area contributed by atoms with Crippen molar-refractivity contribution >= 4 is 0 Å². The molecule has 1 aliphatic heterocycles. The van der Waals surface area contributed by atoms with Gasteiger partial charge in [-0.15, -0.1) is 0 Å². The Morgan fingerprint density at radius 1 is 0.893 bits per heavy atom. The topological polar surface area (TPSA) is 140 Å². The van der Waals surface area contributed by atoms with Crippen LogP contribution in [0.5, 0.6) is 0 Å². The molecule has 0 amide bonds. The Morgan fingerprint density at radius 2 is 1.57 bits per heavy atom. The molecule has 156 valence electrons. The highest BCUT2D eigenvalue weighted by atomic mass is 16.7. The lowest BCUT2D eigenvalue weighted by Crippen LogP contribution is -2.59. The summed E-state index contributed by atoms with van der Waals surface area (Å²) in [5.74, 6) is 10.6. The van der Waals surface area contributed by atoms with Crippen LogP contribution in [0.4, 0.5) is 0 Å². The summed E-state index contributed by atoms with van der Waals surface area (Å²) in [6.45, 7) is -0.736. The molecule has 0 aromatic carbocycles. The van der Waals surface area contributed by atoms with Crippen molar-refractivity contribution in [3.05, 3.63) is 24.3 Å². The molecule has 8 nitrogen and oxygen atoms in total. The fraction of sp³-hybridized carbons (Fsp3) is 0.600. The van der Waals surface area contributed by atoms with Gasteiger partial charge in [-0.25, -0.2) is 0 Å². The monoisotopic (exact) mass is 396 g/mol. The molecule has 0 aromatic heterocycles. The Hall–Kier alpha value is -1.72. The second-order valence-electron chi connectivity index (χ2n) is 6.07. The quantitative estimate of drug-likeness (QED) is 0.257. The van der Waals surface area contributed by atoms with E-state index in [1.807, 2.05) is 0 Å². The molecular formula is C20H28O8. The molecule has 6 atom stereocenters. The third kappa shape index (κ3) is 8.53. The number of aliphatic hydroxyl groups excluding tert-OH is 6. The Balaban J connectivity index is 2.52. The average Bonchev–Trinajstić information content (AvgIpc) is 2.69. The first-order chi connectivity index (χ1) is 13.5. The first-order valence-electron chi connectivity index (χ1n) is 9.03. The Labute approximate surface area is 164 Å². The van der Waals surface area contributed by atoms with E-state index in [0.29, 0.717) is 12.8 Å². The Bertz CT molecular complexity index is 607. The molecule has 8 heteroatoms. The summed E-state index contributed by atoms with van der Waals surface area (Å²) < 4.78 is 11.0. The van der Waals surface area contributed by atoms with Gasteiger partial charge < -0.3 is 40.1 Å². The van der Waals surface area contributed by atoms with E-state index < -0.39 is 43.4 Å². The van der Waals surface area contributed by atoms with Gasteiger partial charge in [0.2, 0.25) is 0 Å². The van der Waals surface area contributed by atoms with Crippen molar-refractivity contribution in [3.8, 4) is 23.7 Å². The van der Waals surface area contributed by atoms with Gasteiger partial charge in [-0.05, 0) is 43.3 Å². The predicted octanol–water partition coefficient (Wildman–Crippen LogP) is -1.55. The minimum atomic E-state index is -1.51. The number of hydrogen-bond acceptors (Lipinski definition) is 8. The molecule has 0 aromatic rings. The van der Waals surface area contributed by atoms with E-state index in [0.717, 1.165) is 0 Å². The summed E-state index contributed by atoms with van der Waals surface area (Å²) in [5, 5.41) is 56.5. The van der Waals surface area contributed by atoms with Gasteiger partial charge in [-0.3, -0.25) is 0 Å². The standard InChI is InChI=1S/C20H28O8/c21-12-9-7-5-3-1-2-4-6-8-10-15(11-13-22)27-20-19(26)18(25)17(24)16(14-23)28-20/h4,6-7,9,15-26H,8,10-14H2/b6-4+,9-7+/t15?,16-,17-,18+,19-,20-/m1/s1. The maximum atomic E-state index is 10.0. The van der Waals surface area contributed by atoms with E-state index in [2.05, 4.69) is 23.7 Å². The van der Waals surface area contributed by atoms with Crippen LogP contribution in [0, 0.1) is 23.7 Å². The lowest BCUT2D eigenvalue weighted by atomic mass is 9.99. The van der Waals surface area contributed by atoms with Crippen LogP contribution in [0.3, 0.4) is 0 Å². The van der Waals surface area contributed by atoms with Gasteiger partial charge in [-0.2, -0.15) is 0 Å². The normalized spacial score (nSPS) is 28.6. The van der Waals surface area contributed by atoms with Gasteiger partial charge in [0.15, 0.2) is 6.29 Å². The van der Waals surface area contributed by atoms with Gasteiger partial charge in [0.1, 0.15) is 24.4 Å². The minimum Gasteiger partial charge on any atom is -0.396 e. The van der Waals surface area contributed by atoms with E-state index in [1.54, 1.807) is 12.2 Å². The van der Waals surface area contributed by atoms with Crippen molar-refractivity contribution in [2.75, 3.05) is 19.8 Å². The molecule has 0 spiro atoms. The molecule has 1 aliphatic rings. The molecule has 1 saturated heterocycles. The fourth-order valence-electron chi connectivity index (χ4n) is 2.49. The maximum absolute atomic E-state index is 10.0. The van der Waals surface area contributed by atoms with Crippen molar-refractivity contribution in [2.24, 2.45) is 0 Å². The number of ether oxygens (including phenoxy) is 2. The van der Waals surface area contributed by atoms with E-state index in [9.17, 15) is 25.5 Å². The summed E-state index contributed by atoms with van der Waals surface area (Å²) in [6, 6.07) is 0. The van der Waals surface area contributed by atoms with Crippen LogP contribution < -0.4 is 0 Å². The van der Waals surface area contributed by atoms with Crippen molar-refractivity contribution in [1.82, 2.24) is 0 Å². The molecule has 0 bridgehead atoms. The van der Waals surface area contributed by atoms with Crippen LogP contribution in [0.25, 0.3) is 0 Å². The van der Waals surface area contributed by atoms with E-state index in [-0.39, 0.29) is 19.6 Å². The van der Waals surface area contributed by atoms with Gasteiger partial charge >= 0.3 is 0 Å². The Kier molecular flexibility index (Phi) is 12.4. The molecule has 0 radical (unpaired) electrons. The van der Waals surface area contributed by atoms with Crippen molar-refractivity contribution in [3.63, 3.8) is 0 Å². The predicted molar refractivity (Wildman–Crippen MR) is 100 cm³/mol. The smallest absolute Gasteiger partial charge is 0.186 e. The van der Waals surface area contributed by atoms with E-state index in [4.69, 9.17) is 14.6 Å². The van der Waals surface area contributed by atoms with E-state index in [1.165, 1.54) is 12.2 Å². The summed E-state index contributed by atoms with van der Waals surface area (Å²) in [4.78, 5) is 0. The highest BCUT2D eigenvalue weighted by Gasteiger charge is 2.44. The minimum absolute atomic E-state index is 0.0672. The second kappa shape index (κ2) is 14.3. The third-order valence-corrected chi connectivity index (χ3v) is 4.00. The zero-order valence-electron chi connectivity index (χ0n) is 15.5. The van der Waals surface area contributed by atoms with Crippen LogP contribution in [-0.2, 0) is 9.47 Å². The van der Waals surface area contributed by atoms with Gasteiger partial charge in [0.05, 0.1) is 19.3 Å². The number of aliphatic hydroxyl groups is 6. The molecule has 1 unspecified atom stereocenters. The summed E-state index contributed by atoms with van der Waals surface area (Å²) in [7, 11) is 0. The molecule has 6 N–H and O–H groups in total. The maximum Gasteiger partial charge on any atom is 0.186 e. The van der Waals surface area contributed by atoms with Crippen LogP contribution in [0.15, 0.2) is 24.3 Å². The van der Waals surface area contributed by atoms with Crippen LogP contribution in [0.1, 0.15) is 19.3 Å². The van der Waals surface area contributed by atoms with Gasteiger partial charge in [-0.1, -0.05) is 24.0 Å². The SMILES string of the molecule is OC/C=C/C#CC#C/C=C/CCC(CCO)O[C@@H]1O[C@H](CO)[C@@H](O)[C@H](O)[C@H]1O. The van der Waals surface area contributed by atoms with Gasteiger partial charge in [0.25, 0.3) is 0 Å². The summed E-state index contributed by atoms with van der Waals surface area (Å²) >= 11 is 0. The molecule has 1 fully saturated rings. The van der Waals surface area contributed by atoms with Crippen LogP contribution >= 0.6 is 0 Å².